The lowest BCUT2D eigenvalue weighted by Gasteiger charge is -2.31. The number of hydrogen-bond donors (Lipinski definition) is 2. The van der Waals surface area contributed by atoms with Gasteiger partial charge in [0, 0.05) is 5.70 Å². The zero-order valence-corrected chi connectivity index (χ0v) is 9.80. The van der Waals surface area contributed by atoms with Crippen LogP contribution in [0.2, 0.25) is 0 Å². The van der Waals surface area contributed by atoms with Crippen LogP contribution in [-0.2, 0) is 9.53 Å². The Kier molecular flexibility index (Phi) is 3.74. The van der Waals surface area contributed by atoms with Crippen LogP contribution in [0.15, 0.2) is 12.3 Å². The second-order valence-corrected chi connectivity index (χ2v) is 3.69. The lowest BCUT2D eigenvalue weighted by molar-refractivity contribution is -0.198. The first-order chi connectivity index (χ1) is 8.70. The molecular weight excluding hydrogens is 267 g/mol. The van der Waals surface area contributed by atoms with Crippen molar-refractivity contribution in [2.75, 3.05) is 6.61 Å². The van der Waals surface area contributed by atoms with Gasteiger partial charge in [-0.2, -0.15) is 18.4 Å². The summed E-state index contributed by atoms with van der Waals surface area (Å²) in [5, 5.41) is 12.1. The zero-order valence-electron chi connectivity index (χ0n) is 9.80. The monoisotopic (exact) mass is 277 g/mol. The van der Waals surface area contributed by atoms with E-state index in [2.05, 4.69) is 11.3 Å². The first kappa shape index (κ1) is 14.8. The summed E-state index contributed by atoms with van der Waals surface area (Å²) in [5.74, 6) is -3.53. The van der Waals surface area contributed by atoms with Gasteiger partial charge in [0.1, 0.15) is 5.92 Å². The summed E-state index contributed by atoms with van der Waals surface area (Å²) in [6.45, 7) is 4.38. The van der Waals surface area contributed by atoms with Crippen molar-refractivity contribution in [2.24, 2.45) is 5.92 Å². The number of alkyl halides is 3. The minimum atomic E-state index is -5.18. The number of hydrogen-bond acceptors (Lipinski definition) is 4. The number of ether oxygens (including phenoxy) is 1. The van der Waals surface area contributed by atoms with E-state index in [-0.39, 0.29) is 6.61 Å². The van der Waals surface area contributed by atoms with Gasteiger partial charge in [0.15, 0.2) is 0 Å². The number of alkyl carbamates (subject to hydrolysis) is 1. The molecule has 0 unspecified atom stereocenters. The minimum absolute atomic E-state index is 0.181. The number of carbonyl (C=O) groups excluding carboxylic acids is 2. The van der Waals surface area contributed by atoms with E-state index in [1.54, 1.807) is 0 Å². The molecule has 0 spiro atoms. The third-order valence-electron chi connectivity index (χ3n) is 2.56. The van der Waals surface area contributed by atoms with E-state index in [9.17, 15) is 22.8 Å². The average Bonchev–Trinajstić information content (AvgIpc) is 2.50. The number of amides is 2. The lowest BCUT2D eigenvalue weighted by Crippen LogP contribution is -2.66. The predicted octanol–water partition coefficient (Wildman–Crippen LogP) is 0.817. The van der Waals surface area contributed by atoms with E-state index in [0.717, 1.165) is 0 Å². The van der Waals surface area contributed by atoms with Crippen LogP contribution in [0.5, 0.6) is 0 Å². The number of nitriles is 1. The van der Waals surface area contributed by atoms with Gasteiger partial charge in [0.05, 0.1) is 12.7 Å². The van der Waals surface area contributed by atoms with E-state index in [1.165, 1.54) is 18.3 Å². The highest BCUT2D eigenvalue weighted by Crippen LogP contribution is 2.42. The molecule has 104 valence electrons. The third-order valence-corrected chi connectivity index (χ3v) is 2.56. The second kappa shape index (κ2) is 4.79. The Morgan fingerprint density at radius 2 is 2.26 bits per heavy atom. The maximum Gasteiger partial charge on any atom is 0.422 e. The van der Waals surface area contributed by atoms with Crippen LogP contribution < -0.4 is 10.6 Å². The molecule has 1 heterocycles. The van der Waals surface area contributed by atoms with Gasteiger partial charge in [-0.3, -0.25) is 10.1 Å². The Morgan fingerprint density at radius 1 is 1.68 bits per heavy atom. The fourth-order valence-electron chi connectivity index (χ4n) is 1.70. The van der Waals surface area contributed by atoms with Crippen molar-refractivity contribution in [1.82, 2.24) is 10.6 Å². The molecule has 0 aromatic carbocycles. The zero-order chi connectivity index (χ0) is 14.8. The first-order valence-corrected chi connectivity index (χ1v) is 5.12. The fraction of sp³-hybridized carbons (Fsp3) is 0.500. The van der Waals surface area contributed by atoms with Crippen LogP contribution >= 0.6 is 0 Å². The summed E-state index contributed by atoms with van der Waals surface area (Å²) in [6, 6.07) is 1.32. The van der Waals surface area contributed by atoms with Gasteiger partial charge < -0.3 is 10.1 Å². The van der Waals surface area contributed by atoms with E-state index in [0.29, 0.717) is 0 Å². The molecule has 1 fully saturated rings. The van der Waals surface area contributed by atoms with E-state index >= 15 is 0 Å². The summed E-state index contributed by atoms with van der Waals surface area (Å²) < 4.78 is 43.8. The Labute approximate surface area is 106 Å². The lowest BCUT2D eigenvalue weighted by atomic mass is 9.85. The summed E-state index contributed by atoms with van der Waals surface area (Å²) in [6.07, 6.45) is -6.62. The van der Waals surface area contributed by atoms with Gasteiger partial charge >= 0.3 is 12.3 Å². The Bertz CT molecular complexity index is 469. The molecule has 1 saturated heterocycles. The van der Waals surface area contributed by atoms with Gasteiger partial charge in [-0.15, -0.1) is 0 Å². The molecule has 19 heavy (non-hydrogen) atoms. The summed E-state index contributed by atoms with van der Waals surface area (Å²) in [7, 11) is 0. The molecule has 9 heteroatoms. The number of halogens is 3. The fourth-order valence-corrected chi connectivity index (χ4v) is 1.70. The van der Waals surface area contributed by atoms with Crippen LogP contribution in [-0.4, -0.2) is 30.3 Å². The number of nitrogens with one attached hydrogen (secondary N) is 2. The molecule has 1 aliphatic heterocycles. The van der Waals surface area contributed by atoms with Gasteiger partial charge in [0.25, 0.3) is 5.91 Å². The average molecular weight is 277 g/mol. The summed E-state index contributed by atoms with van der Waals surface area (Å²) >= 11 is 0. The third kappa shape index (κ3) is 2.21. The van der Waals surface area contributed by atoms with Crippen molar-refractivity contribution in [3.63, 3.8) is 0 Å². The Hall–Kier alpha value is -2.24. The molecule has 0 radical (unpaired) electrons. The maximum atomic E-state index is 13.2. The van der Waals surface area contributed by atoms with Gasteiger partial charge in [-0.25, -0.2) is 4.79 Å². The van der Waals surface area contributed by atoms with E-state index in [1.807, 2.05) is 5.32 Å². The van der Waals surface area contributed by atoms with Crippen molar-refractivity contribution < 1.29 is 27.5 Å². The molecule has 2 N–H and O–H groups in total. The normalized spacial score (nSPS) is 26.6. The first-order valence-electron chi connectivity index (χ1n) is 5.12. The Balaban J connectivity index is 3.28. The molecule has 0 bridgehead atoms. The maximum absolute atomic E-state index is 13.2. The van der Waals surface area contributed by atoms with E-state index in [4.69, 9.17) is 5.26 Å². The Morgan fingerprint density at radius 3 is 2.68 bits per heavy atom. The molecule has 1 rings (SSSR count). The number of nitrogens with zero attached hydrogens (tertiary/aromatic N) is 1. The molecule has 1 aliphatic rings. The SMILES string of the molecule is C=C1NC(=O)[C@@](NC(=O)OCC)(C(F)(F)F)[C@H]1C#N. The summed E-state index contributed by atoms with van der Waals surface area (Å²) in [4.78, 5) is 22.8. The smallest absolute Gasteiger partial charge is 0.422 e. The van der Waals surface area contributed by atoms with Crippen LogP contribution in [0.1, 0.15) is 6.92 Å². The highest BCUT2D eigenvalue weighted by Gasteiger charge is 2.70. The summed E-state index contributed by atoms with van der Waals surface area (Å²) in [5.41, 5.74) is -3.81. The molecule has 2 amide bonds. The van der Waals surface area contributed by atoms with Crippen molar-refractivity contribution >= 4 is 12.0 Å². The molecule has 2 atom stereocenters. The van der Waals surface area contributed by atoms with Gasteiger partial charge in [0.2, 0.25) is 5.54 Å². The molecule has 0 aromatic heterocycles. The van der Waals surface area contributed by atoms with Crippen molar-refractivity contribution in [3.05, 3.63) is 12.3 Å². The predicted molar refractivity (Wildman–Crippen MR) is 55.3 cm³/mol. The van der Waals surface area contributed by atoms with Crippen molar-refractivity contribution in [3.8, 4) is 6.07 Å². The van der Waals surface area contributed by atoms with Crippen LogP contribution in [0.25, 0.3) is 0 Å². The highest BCUT2D eigenvalue weighted by atomic mass is 19.4. The molecule has 0 aromatic rings. The standard InChI is InChI=1S/C10H10F3N3O3/c1-3-19-8(18)16-9(10(11,12)13)6(4-14)5(2)15-7(9)17/h6H,2-3H2,1H3,(H,15,17)(H,16,18)/t6-,9+/m0/s1. The van der Waals surface area contributed by atoms with E-state index < -0.39 is 35.3 Å². The quantitative estimate of drug-likeness (QED) is 0.781. The van der Waals surface area contributed by atoms with Crippen molar-refractivity contribution in [1.29, 1.82) is 5.26 Å². The van der Waals surface area contributed by atoms with Crippen molar-refractivity contribution in [2.45, 2.75) is 18.6 Å². The molecular formula is C10H10F3N3O3. The second-order valence-electron chi connectivity index (χ2n) is 3.69. The van der Waals surface area contributed by atoms with Gasteiger partial charge in [-0.05, 0) is 6.92 Å². The molecule has 0 aliphatic carbocycles. The highest BCUT2D eigenvalue weighted by molar-refractivity contribution is 5.96. The number of rotatable bonds is 2. The van der Waals surface area contributed by atoms with Crippen LogP contribution in [0.4, 0.5) is 18.0 Å². The molecule has 6 nitrogen and oxygen atoms in total. The topological polar surface area (TPSA) is 91.2 Å². The van der Waals surface area contributed by atoms with Gasteiger partial charge in [-0.1, -0.05) is 6.58 Å². The minimum Gasteiger partial charge on any atom is -0.450 e. The van der Waals surface area contributed by atoms with Crippen LogP contribution in [0.3, 0.4) is 0 Å². The number of carbonyl (C=O) groups is 2. The molecule has 0 saturated carbocycles. The largest absolute Gasteiger partial charge is 0.450 e. The van der Waals surface area contributed by atoms with Crippen LogP contribution in [0, 0.1) is 17.2 Å².